The number of thiol groups is 2. The van der Waals surface area contributed by atoms with Crippen LogP contribution in [0.2, 0.25) is 0 Å². The van der Waals surface area contributed by atoms with Crippen molar-refractivity contribution in [3.8, 4) is 0 Å². The molecule has 3 rings (SSSR count). The summed E-state index contributed by atoms with van der Waals surface area (Å²) in [5.74, 6) is 4.98. The van der Waals surface area contributed by atoms with Crippen molar-refractivity contribution in [1.82, 2.24) is 0 Å². The van der Waals surface area contributed by atoms with Gasteiger partial charge >= 0.3 is 0 Å². The molecule has 3 aliphatic rings. The molecule has 3 fully saturated rings. The van der Waals surface area contributed by atoms with Crippen molar-refractivity contribution in [3.05, 3.63) is 0 Å². The van der Waals surface area contributed by atoms with E-state index in [1.807, 2.05) is 47.0 Å². The van der Waals surface area contributed by atoms with Gasteiger partial charge in [0.05, 0.1) is 4.08 Å². The van der Waals surface area contributed by atoms with Crippen molar-refractivity contribution < 1.29 is 0 Å². The summed E-state index contributed by atoms with van der Waals surface area (Å²) in [5.41, 5.74) is 0. The van der Waals surface area contributed by atoms with Crippen LogP contribution in [0.25, 0.3) is 0 Å². The second-order valence-electron chi connectivity index (χ2n) is 8.11. The van der Waals surface area contributed by atoms with Crippen molar-refractivity contribution in [1.29, 1.82) is 0 Å². The van der Waals surface area contributed by atoms with Gasteiger partial charge in [-0.25, -0.2) is 0 Å². The molecule has 182 valence electrons. The Hall–Kier alpha value is 3.85. The Balaban J connectivity index is 1.37. The zero-order chi connectivity index (χ0) is 22.5. The summed E-state index contributed by atoms with van der Waals surface area (Å²) in [6, 6.07) is 0. The predicted octanol–water partition coefficient (Wildman–Crippen LogP) is 8.43. The van der Waals surface area contributed by atoms with E-state index >= 15 is 0 Å². The normalized spacial score (nSPS) is 29.0. The van der Waals surface area contributed by atoms with Gasteiger partial charge in [-0.05, 0) is 62.9 Å². The summed E-state index contributed by atoms with van der Waals surface area (Å²) in [4.78, 5) is 0. The van der Waals surface area contributed by atoms with Gasteiger partial charge in [-0.15, -0.1) is 70.6 Å². The monoisotopic (exact) mass is 628 g/mol. The van der Waals surface area contributed by atoms with Gasteiger partial charge in [-0.1, -0.05) is 0 Å². The lowest BCUT2D eigenvalue weighted by atomic mass is 10.2. The Morgan fingerprint density at radius 1 is 0.968 bits per heavy atom. The average Bonchev–Trinajstić information content (AvgIpc) is 3.65. The highest BCUT2D eigenvalue weighted by atomic mass is 32.3. The first kappa shape index (κ1) is 29.4. The first-order valence-electron chi connectivity index (χ1n) is 10.6. The van der Waals surface area contributed by atoms with E-state index in [1.54, 1.807) is 0 Å². The van der Waals surface area contributed by atoms with E-state index in [4.69, 9.17) is 25.3 Å². The van der Waals surface area contributed by atoms with E-state index in [1.165, 1.54) is 42.9 Å². The van der Waals surface area contributed by atoms with Crippen LogP contribution in [0.15, 0.2) is 0 Å². The molecule has 0 nitrogen and oxygen atoms in total. The third-order valence-corrected chi connectivity index (χ3v) is 22.4. The molecule has 3 saturated heterocycles. The molecule has 0 aromatic carbocycles. The molecule has 0 aromatic rings. The molecule has 0 aliphatic carbocycles. The highest BCUT2D eigenvalue weighted by Gasteiger charge is 2.55. The van der Waals surface area contributed by atoms with Crippen LogP contribution in [0.5, 0.6) is 0 Å². The fourth-order valence-electron chi connectivity index (χ4n) is 3.68. The van der Waals surface area contributed by atoms with Crippen LogP contribution in [0, 0.1) is 0 Å². The van der Waals surface area contributed by atoms with Crippen molar-refractivity contribution >= 4 is 131 Å². The van der Waals surface area contributed by atoms with Crippen LogP contribution in [-0.4, -0.2) is 79.9 Å². The first-order valence-corrected chi connectivity index (χ1v) is 21.4. The van der Waals surface area contributed by atoms with Gasteiger partial charge in [-0.2, -0.15) is 60.5 Å². The van der Waals surface area contributed by atoms with Crippen LogP contribution in [0.1, 0.15) is 32.1 Å². The number of hydrogen-bond donors (Lipinski definition) is 2. The molecule has 0 spiro atoms. The van der Waals surface area contributed by atoms with Gasteiger partial charge < -0.3 is 0 Å². The Kier molecular flexibility index (Phi) is 12.9. The maximum atomic E-state index is 4.91. The van der Waals surface area contributed by atoms with Gasteiger partial charge in [-0.3, -0.25) is 0 Å². The topological polar surface area (TPSA) is 0 Å². The molecular formula is C20H36S11. The van der Waals surface area contributed by atoms with Crippen molar-refractivity contribution in [3.63, 3.8) is 0 Å². The fraction of sp³-hybridized carbons (Fsp3) is 1.00. The minimum atomic E-state index is -0.111. The summed E-state index contributed by atoms with van der Waals surface area (Å²) in [6.45, 7) is 0. The lowest BCUT2D eigenvalue weighted by Crippen LogP contribution is -2.22. The summed E-state index contributed by atoms with van der Waals surface area (Å²) in [7, 11) is 0. The van der Waals surface area contributed by atoms with Crippen LogP contribution < -0.4 is 0 Å². The van der Waals surface area contributed by atoms with Gasteiger partial charge in [0.15, 0.2) is 0 Å². The molecule has 0 radical (unpaired) electrons. The average molecular weight is 629 g/mol. The number of rotatable bonds is 18. The van der Waals surface area contributed by atoms with Gasteiger partial charge in [0.1, 0.15) is 6.82 Å². The molecule has 0 amide bonds. The van der Waals surface area contributed by atoms with E-state index < -0.39 is 0 Å². The van der Waals surface area contributed by atoms with E-state index in [9.17, 15) is 0 Å². The van der Waals surface area contributed by atoms with Crippen molar-refractivity contribution in [2.45, 2.75) is 64.0 Å². The Labute approximate surface area is 240 Å². The van der Waals surface area contributed by atoms with Crippen molar-refractivity contribution in [2.75, 3.05) is 48.0 Å². The Bertz CT molecular complexity index is 545. The molecule has 0 N–H and O–H groups in total. The zero-order valence-electron chi connectivity index (χ0n) is 18.7. The molecule has 0 saturated carbocycles. The highest BCUT2D eigenvalue weighted by molar-refractivity contribution is 8.40. The third-order valence-electron chi connectivity index (χ3n) is 5.74. The van der Waals surface area contributed by atoms with Crippen LogP contribution in [0.3, 0.4) is 0 Å². The minimum absolute atomic E-state index is 0.111. The van der Waals surface area contributed by atoms with Crippen molar-refractivity contribution in [2.24, 2.45) is 0 Å². The standard InChI is InChI=1S/C20H36S11/c1-23-19(24-2)16(30-19)6-5-9-27-11-14(7-8-17-20(25-3,26-4)31-17)29-13-18(21,22)10-15-12-28-15/h14-17,21-22H,5-13H2,1-4H3. The lowest BCUT2D eigenvalue weighted by molar-refractivity contribution is 0.741. The molecule has 3 aliphatic heterocycles. The molecule has 11 heteroatoms. The molecule has 31 heavy (non-hydrogen) atoms. The summed E-state index contributed by atoms with van der Waals surface area (Å²) >= 11 is 28.8. The molecule has 0 bridgehead atoms. The summed E-state index contributed by atoms with van der Waals surface area (Å²) in [5, 5.41) is 3.26. The largest absolute Gasteiger partial charge is 0.161 e. The third kappa shape index (κ3) is 9.27. The van der Waals surface area contributed by atoms with E-state index in [2.05, 4.69) is 83.8 Å². The lowest BCUT2D eigenvalue weighted by Gasteiger charge is -2.25. The molecule has 3 heterocycles. The van der Waals surface area contributed by atoms with Crippen LogP contribution in [0.4, 0.5) is 0 Å². The van der Waals surface area contributed by atoms with Crippen LogP contribution in [-0.2, 0) is 0 Å². The van der Waals surface area contributed by atoms with E-state index in [0.29, 0.717) is 6.82 Å². The first-order chi connectivity index (χ1) is 14.8. The number of hydrogen-bond acceptors (Lipinski definition) is 11. The summed E-state index contributed by atoms with van der Waals surface area (Å²) in [6.07, 6.45) is 15.7. The zero-order valence-corrected chi connectivity index (χ0v) is 27.9. The molecule has 0 aromatic heterocycles. The number of thioether (sulfide) groups is 9. The van der Waals surface area contributed by atoms with E-state index in [-0.39, 0.29) is 4.08 Å². The molecular weight excluding hydrogens is 593 g/mol. The van der Waals surface area contributed by atoms with Crippen LogP contribution >= 0.6 is 131 Å². The second kappa shape index (κ2) is 13.6. The quantitative estimate of drug-likeness (QED) is 0.0658. The predicted molar refractivity (Wildman–Crippen MR) is 176 cm³/mol. The highest BCUT2D eigenvalue weighted by Crippen LogP contribution is 2.68. The maximum absolute atomic E-state index is 4.91. The smallest absolute Gasteiger partial charge is 0.118 e. The Morgan fingerprint density at radius 3 is 2.06 bits per heavy atom. The molecule has 4 unspecified atom stereocenters. The SMILES string of the molecule is CSC1(SC)SC1CCCSCC(CCC1SC1(SC)SC)SCC(S)(S)CC1CS1. The van der Waals surface area contributed by atoms with Gasteiger partial charge in [0.25, 0.3) is 0 Å². The Morgan fingerprint density at radius 2 is 1.55 bits per heavy atom. The van der Waals surface area contributed by atoms with E-state index in [0.717, 1.165) is 33.2 Å². The maximum Gasteiger partial charge on any atom is 0.118 e. The second-order valence-corrected chi connectivity index (χ2v) is 22.6. The fourth-order valence-corrected chi connectivity index (χ4v) is 16.4. The summed E-state index contributed by atoms with van der Waals surface area (Å²) < 4.78 is 0.820. The molecule has 4 atom stereocenters. The minimum Gasteiger partial charge on any atom is -0.161 e. The van der Waals surface area contributed by atoms with Gasteiger partial charge in [0, 0.05) is 38.3 Å². The van der Waals surface area contributed by atoms with Gasteiger partial charge in [0.2, 0.25) is 0 Å².